The fraction of sp³-hybridized carbons (Fsp3) is 0.625. The molecule has 2 rings (SSSR count). The molecule has 9 heteroatoms. The van der Waals surface area contributed by atoms with Crippen molar-refractivity contribution in [1.29, 1.82) is 0 Å². The van der Waals surface area contributed by atoms with Crippen molar-refractivity contribution in [3.63, 3.8) is 0 Å². The summed E-state index contributed by atoms with van der Waals surface area (Å²) < 4.78 is 9.25. The first kappa shape index (κ1) is 19.3. The number of β-lactam (4-membered cyclic amide) rings is 1. The summed E-state index contributed by atoms with van der Waals surface area (Å²) in [5.41, 5.74) is 0. The SMILES string of the molecule is C=CCOC(=O)C1N2C(=O)C(NC(=O)CC(=O)OCC)C2SC1(C)C. The number of esters is 2. The molecular weight excluding hydrogens is 348 g/mol. The first-order valence-corrected chi connectivity index (χ1v) is 8.83. The van der Waals surface area contributed by atoms with Gasteiger partial charge in [0.1, 0.15) is 30.5 Å². The van der Waals surface area contributed by atoms with Crippen molar-refractivity contribution in [2.24, 2.45) is 0 Å². The Hall–Kier alpha value is -2.03. The summed E-state index contributed by atoms with van der Waals surface area (Å²) >= 11 is 1.42. The Morgan fingerprint density at radius 3 is 2.64 bits per heavy atom. The standard InChI is InChI=1S/C16H22N2O6S/c1-5-7-24-15(22)12-16(3,4)25-14-11(13(21)18(12)14)17-9(19)8-10(20)23-6-2/h5,11-12,14H,1,6-8H2,2-4H3,(H,17,19). The normalized spacial score (nSPS) is 26.3. The number of carbonyl (C=O) groups excluding carboxylic acids is 4. The highest BCUT2D eigenvalue weighted by molar-refractivity contribution is 8.01. The molecule has 2 aliphatic rings. The van der Waals surface area contributed by atoms with Gasteiger partial charge in [-0.2, -0.15) is 0 Å². The summed E-state index contributed by atoms with van der Waals surface area (Å²) in [5.74, 6) is -2.08. The van der Waals surface area contributed by atoms with E-state index in [0.29, 0.717) is 0 Å². The van der Waals surface area contributed by atoms with Gasteiger partial charge in [0.2, 0.25) is 11.8 Å². The Labute approximate surface area is 150 Å². The molecule has 0 aromatic heterocycles. The van der Waals surface area contributed by atoms with Gasteiger partial charge in [0.05, 0.1) is 6.61 Å². The van der Waals surface area contributed by atoms with Gasteiger partial charge in [-0.3, -0.25) is 14.4 Å². The van der Waals surface area contributed by atoms with Crippen LogP contribution in [0.1, 0.15) is 27.2 Å². The molecule has 2 amide bonds. The van der Waals surface area contributed by atoms with E-state index in [4.69, 9.17) is 9.47 Å². The van der Waals surface area contributed by atoms with Gasteiger partial charge in [0, 0.05) is 4.75 Å². The Balaban J connectivity index is 2.01. The number of hydrogen-bond donors (Lipinski definition) is 1. The van der Waals surface area contributed by atoms with Crippen LogP contribution in [-0.2, 0) is 28.7 Å². The summed E-state index contributed by atoms with van der Waals surface area (Å²) in [5, 5.41) is 2.18. The zero-order valence-corrected chi connectivity index (χ0v) is 15.3. The Morgan fingerprint density at radius 2 is 2.04 bits per heavy atom. The van der Waals surface area contributed by atoms with Crippen LogP contribution in [0.4, 0.5) is 0 Å². The molecular formula is C16H22N2O6S. The van der Waals surface area contributed by atoms with E-state index in [2.05, 4.69) is 11.9 Å². The van der Waals surface area contributed by atoms with Crippen molar-refractivity contribution in [2.75, 3.05) is 13.2 Å². The molecule has 0 spiro atoms. The van der Waals surface area contributed by atoms with E-state index in [-0.39, 0.29) is 24.5 Å². The Bertz CT molecular complexity index is 605. The largest absolute Gasteiger partial charge is 0.466 e. The summed E-state index contributed by atoms with van der Waals surface area (Å²) in [6, 6.07) is -1.49. The number of nitrogens with one attached hydrogen (secondary N) is 1. The van der Waals surface area contributed by atoms with Gasteiger partial charge in [0.15, 0.2) is 0 Å². The van der Waals surface area contributed by atoms with E-state index in [1.165, 1.54) is 22.7 Å². The van der Waals surface area contributed by atoms with E-state index < -0.39 is 41.1 Å². The molecule has 2 saturated heterocycles. The van der Waals surface area contributed by atoms with Gasteiger partial charge >= 0.3 is 11.9 Å². The van der Waals surface area contributed by atoms with Crippen LogP contribution in [0, 0.1) is 0 Å². The van der Waals surface area contributed by atoms with Gasteiger partial charge in [-0.1, -0.05) is 12.7 Å². The van der Waals surface area contributed by atoms with Gasteiger partial charge in [-0.25, -0.2) is 4.79 Å². The number of ether oxygens (including phenoxy) is 2. The highest BCUT2D eigenvalue weighted by Gasteiger charge is 2.64. The summed E-state index contributed by atoms with van der Waals surface area (Å²) in [6.07, 6.45) is 1.02. The topological polar surface area (TPSA) is 102 Å². The van der Waals surface area contributed by atoms with E-state index in [0.717, 1.165) is 0 Å². The minimum Gasteiger partial charge on any atom is -0.466 e. The number of rotatable bonds is 7. The number of nitrogens with zero attached hydrogens (tertiary/aromatic N) is 1. The number of amides is 2. The Kier molecular flexibility index (Phi) is 5.76. The zero-order valence-electron chi connectivity index (χ0n) is 14.4. The summed E-state index contributed by atoms with van der Waals surface area (Å²) in [6.45, 7) is 9.09. The van der Waals surface area contributed by atoms with E-state index in [1.807, 2.05) is 13.8 Å². The van der Waals surface area contributed by atoms with Crippen LogP contribution in [0.2, 0.25) is 0 Å². The highest BCUT2D eigenvalue weighted by atomic mass is 32.2. The predicted octanol–water partition coefficient (Wildman–Crippen LogP) is 0.216. The smallest absolute Gasteiger partial charge is 0.330 e. The second-order valence-electron chi connectivity index (χ2n) is 6.21. The first-order chi connectivity index (χ1) is 11.7. The lowest BCUT2D eigenvalue weighted by Gasteiger charge is -2.43. The molecule has 0 saturated carbocycles. The maximum atomic E-state index is 12.4. The van der Waals surface area contributed by atoms with Crippen LogP contribution in [0.15, 0.2) is 12.7 Å². The van der Waals surface area contributed by atoms with Crippen molar-refractivity contribution in [3.05, 3.63) is 12.7 Å². The molecule has 0 aliphatic carbocycles. The zero-order chi connectivity index (χ0) is 18.8. The third-order valence-electron chi connectivity index (χ3n) is 3.93. The fourth-order valence-corrected chi connectivity index (χ4v) is 4.53. The van der Waals surface area contributed by atoms with Crippen LogP contribution >= 0.6 is 11.8 Å². The lowest BCUT2D eigenvalue weighted by atomic mass is 9.96. The molecule has 0 radical (unpaired) electrons. The molecule has 0 aromatic rings. The molecule has 0 aromatic carbocycles. The van der Waals surface area contributed by atoms with Crippen molar-refractivity contribution in [1.82, 2.24) is 10.2 Å². The average molecular weight is 370 g/mol. The molecule has 2 aliphatic heterocycles. The van der Waals surface area contributed by atoms with Gasteiger partial charge in [-0.05, 0) is 20.8 Å². The van der Waals surface area contributed by atoms with Crippen LogP contribution < -0.4 is 5.32 Å². The molecule has 25 heavy (non-hydrogen) atoms. The number of fused-ring (bicyclic) bond motifs is 1. The molecule has 3 unspecified atom stereocenters. The lowest BCUT2D eigenvalue weighted by Crippen LogP contribution is -2.70. The van der Waals surface area contributed by atoms with Crippen LogP contribution in [0.25, 0.3) is 0 Å². The summed E-state index contributed by atoms with van der Waals surface area (Å²) in [7, 11) is 0. The number of carbonyl (C=O) groups is 4. The quantitative estimate of drug-likeness (QED) is 0.296. The van der Waals surface area contributed by atoms with Crippen molar-refractivity contribution in [3.8, 4) is 0 Å². The Morgan fingerprint density at radius 1 is 1.36 bits per heavy atom. The van der Waals surface area contributed by atoms with E-state index in [9.17, 15) is 19.2 Å². The summed E-state index contributed by atoms with van der Waals surface area (Å²) in [4.78, 5) is 49.4. The minimum absolute atomic E-state index is 0.0719. The van der Waals surface area contributed by atoms with Gasteiger partial charge < -0.3 is 19.7 Å². The van der Waals surface area contributed by atoms with Crippen LogP contribution in [0.3, 0.4) is 0 Å². The highest BCUT2D eigenvalue weighted by Crippen LogP contribution is 2.51. The maximum Gasteiger partial charge on any atom is 0.330 e. The molecule has 138 valence electrons. The second kappa shape index (κ2) is 7.47. The molecule has 0 bridgehead atoms. The molecule has 8 nitrogen and oxygen atoms in total. The first-order valence-electron chi connectivity index (χ1n) is 7.95. The van der Waals surface area contributed by atoms with Gasteiger partial charge in [0.25, 0.3) is 0 Å². The third kappa shape index (κ3) is 3.81. The maximum absolute atomic E-state index is 12.4. The minimum atomic E-state index is -0.761. The number of thioether (sulfide) groups is 1. The second-order valence-corrected chi connectivity index (χ2v) is 7.98. The van der Waals surface area contributed by atoms with Crippen LogP contribution in [-0.4, -0.2) is 64.1 Å². The average Bonchev–Trinajstić information content (AvgIpc) is 2.78. The molecule has 1 N–H and O–H groups in total. The third-order valence-corrected chi connectivity index (χ3v) is 5.51. The molecule has 3 atom stereocenters. The monoisotopic (exact) mass is 370 g/mol. The van der Waals surface area contributed by atoms with E-state index in [1.54, 1.807) is 6.92 Å². The lowest BCUT2D eigenvalue weighted by molar-refractivity contribution is -0.164. The fourth-order valence-electron chi connectivity index (χ4n) is 2.91. The van der Waals surface area contributed by atoms with Crippen LogP contribution in [0.5, 0.6) is 0 Å². The number of hydrogen-bond acceptors (Lipinski definition) is 7. The molecule has 2 fully saturated rings. The van der Waals surface area contributed by atoms with Crippen molar-refractivity contribution >= 4 is 35.5 Å². The molecule has 2 heterocycles. The predicted molar refractivity (Wildman–Crippen MR) is 90.4 cm³/mol. The van der Waals surface area contributed by atoms with E-state index >= 15 is 0 Å². The van der Waals surface area contributed by atoms with Gasteiger partial charge in [-0.15, -0.1) is 11.8 Å². The van der Waals surface area contributed by atoms with Crippen molar-refractivity contribution in [2.45, 2.75) is 49.4 Å². The van der Waals surface area contributed by atoms with Crippen molar-refractivity contribution < 1.29 is 28.7 Å².